The first kappa shape index (κ1) is 26.0. The molecule has 0 spiro atoms. The molecule has 158 valence electrons. The van der Waals surface area contributed by atoms with Gasteiger partial charge in [0.15, 0.2) is 0 Å². The summed E-state index contributed by atoms with van der Waals surface area (Å²) in [6, 6.07) is 0. The highest BCUT2D eigenvalue weighted by Crippen LogP contribution is 2.50. The van der Waals surface area contributed by atoms with Crippen molar-refractivity contribution < 1.29 is 26.5 Å². The second-order valence-electron chi connectivity index (χ2n) is 7.91. The maximum Gasteiger partial charge on any atom is 0.331 e. The van der Waals surface area contributed by atoms with Gasteiger partial charge in [-0.25, -0.2) is 4.72 Å². The fraction of sp³-hybridized carbons (Fsp3) is 1.00. The quantitative estimate of drug-likeness (QED) is 0.267. The predicted molar refractivity (Wildman–Crippen MR) is 107 cm³/mol. The van der Waals surface area contributed by atoms with Gasteiger partial charge in [0, 0.05) is 33.5 Å². The molecule has 0 rings (SSSR count). The molecular weight excluding hydrogens is 377 g/mol. The number of nitrogens with zero attached hydrogens (tertiary/aromatic N) is 2. The summed E-state index contributed by atoms with van der Waals surface area (Å²) in [4.78, 5) is 0. The van der Waals surface area contributed by atoms with Crippen LogP contribution in [0.3, 0.4) is 0 Å². The van der Waals surface area contributed by atoms with Crippen LogP contribution in [0.1, 0.15) is 40.5 Å². The van der Waals surface area contributed by atoms with Gasteiger partial charge in [0.25, 0.3) is 10.2 Å². The first-order valence-electron chi connectivity index (χ1n) is 9.14. The number of quaternary nitrogens is 1. The second kappa shape index (κ2) is 11.1. The third-order valence-corrected chi connectivity index (χ3v) is 7.52. The molecule has 0 bridgehead atoms. The van der Waals surface area contributed by atoms with Crippen molar-refractivity contribution in [2.24, 2.45) is 0 Å². The molecule has 26 heavy (non-hydrogen) atoms. The van der Waals surface area contributed by atoms with Crippen molar-refractivity contribution in [1.29, 1.82) is 0 Å². The third kappa shape index (κ3) is 11.6. The molecule has 0 saturated carbocycles. The molecule has 0 aromatic rings. The summed E-state index contributed by atoms with van der Waals surface area (Å²) in [7, 11) is 0.702. The molecule has 0 unspecified atom stereocenters. The summed E-state index contributed by atoms with van der Waals surface area (Å²) in [6.07, 6.45) is 1.53. The minimum Gasteiger partial charge on any atom is -0.328 e. The molecule has 0 radical (unpaired) electrons. The van der Waals surface area contributed by atoms with Gasteiger partial charge in [-0.2, -0.15) is 12.7 Å². The third-order valence-electron chi connectivity index (χ3n) is 3.64. The molecule has 0 saturated heterocycles. The Morgan fingerprint density at radius 2 is 1.46 bits per heavy atom. The van der Waals surface area contributed by atoms with E-state index in [0.717, 1.165) is 23.8 Å². The van der Waals surface area contributed by atoms with E-state index < -0.39 is 17.8 Å². The van der Waals surface area contributed by atoms with Crippen molar-refractivity contribution in [3.63, 3.8) is 0 Å². The molecule has 0 aliphatic rings. The van der Waals surface area contributed by atoms with Crippen molar-refractivity contribution in [3.05, 3.63) is 0 Å². The number of rotatable bonds is 14. The SMILES string of the molecule is CC(C)OP(=O)(CCC[N+](C)(C)CCCNS(=O)(=O)N(C)C)OC(C)C. The van der Waals surface area contributed by atoms with Crippen LogP contribution in [0.25, 0.3) is 0 Å². The van der Waals surface area contributed by atoms with Crippen LogP contribution < -0.4 is 4.72 Å². The van der Waals surface area contributed by atoms with E-state index in [4.69, 9.17) is 9.05 Å². The molecule has 0 aliphatic carbocycles. The Balaban J connectivity index is 4.38. The Morgan fingerprint density at radius 1 is 1.00 bits per heavy atom. The van der Waals surface area contributed by atoms with Gasteiger partial charge >= 0.3 is 7.60 Å². The van der Waals surface area contributed by atoms with E-state index in [1.54, 1.807) is 0 Å². The molecule has 0 aliphatic heterocycles. The lowest BCUT2D eigenvalue weighted by Gasteiger charge is -2.31. The Morgan fingerprint density at radius 3 is 1.88 bits per heavy atom. The zero-order valence-corrected chi connectivity index (χ0v) is 19.4. The van der Waals surface area contributed by atoms with Crippen molar-refractivity contribution in [2.75, 3.05) is 54.0 Å². The highest BCUT2D eigenvalue weighted by Gasteiger charge is 2.28. The average Bonchev–Trinajstić information content (AvgIpc) is 2.41. The average molecular weight is 417 g/mol. The summed E-state index contributed by atoms with van der Waals surface area (Å²) in [5.41, 5.74) is 0. The lowest BCUT2D eigenvalue weighted by Crippen LogP contribution is -2.43. The highest BCUT2D eigenvalue weighted by molar-refractivity contribution is 7.87. The standard InChI is InChI=1S/C16H39N3O5PS/c1-15(2)23-25(20,24-16(3)4)14-10-13-19(7,8)12-9-11-17-26(21,22)18(5)6/h15-17H,9-14H2,1-8H3/q+1. The van der Waals surface area contributed by atoms with Gasteiger partial charge in [0.05, 0.1) is 45.6 Å². The predicted octanol–water partition coefficient (Wildman–Crippen LogP) is 2.28. The number of nitrogens with one attached hydrogen (secondary N) is 1. The molecule has 0 heterocycles. The van der Waals surface area contributed by atoms with Gasteiger partial charge in [-0.15, -0.1) is 0 Å². The number of hydrogen-bond acceptors (Lipinski definition) is 5. The van der Waals surface area contributed by atoms with Crippen LogP contribution in [-0.4, -0.2) is 83.4 Å². The zero-order chi connectivity index (χ0) is 20.6. The van der Waals surface area contributed by atoms with Crippen LogP contribution in [0.2, 0.25) is 0 Å². The van der Waals surface area contributed by atoms with Crippen LogP contribution in [0, 0.1) is 0 Å². The van der Waals surface area contributed by atoms with Crippen LogP contribution in [0.4, 0.5) is 0 Å². The van der Waals surface area contributed by atoms with E-state index in [0.29, 0.717) is 23.6 Å². The molecule has 10 heteroatoms. The largest absolute Gasteiger partial charge is 0.331 e. The minimum absolute atomic E-state index is 0.146. The Kier molecular flexibility index (Phi) is 11.1. The van der Waals surface area contributed by atoms with E-state index >= 15 is 0 Å². The van der Waals surface area contributed by atoms with E-state index in [-0.39, 0.29) is 12.2 Å². The molecule has 0 aromatic heterocycles. The van der Waals surface area contributed by atoms with E-state index in [1.807, 2.05) is 27.7 Å². The van der Waals surface area contributed by atoms with Crippen molar-refractivity contribution in [3.8, 4) is 0 Å². The molecule has 0 aromatic carbocycles. The summed E-state index contributed by atoms with van der Waals surface area (Å²) in [5.74, 6) is 0. The Hall–Kier alpha value is -0.0200. The van der Waals surface area contributed by atoms with E-state index in [9.17, 15) is 13.0 Å². The molecule has 0 amide bonds. The van der Waals surface area contributed by atoms with Gasteiger partial charge < -0.3 is 13.5 Å². The highest BCUT2D eigenvalue weighted by atomic mass is 32.2. The maximum absolute atomic E-state index is 12.8. The van der Waals surface area contributed by atoms with Crippen LogP contribution in [0.5, 0.6) is 0 Å². The lowest BCUT2D eigenvalue weighted by atomic mass is 10.3. The Labute approximate surface area is 160 Å². The number of hydrogen-bond donors (Lipinski definition) is 1. The topological polar surface area (TPSA) is 84.9 Å². The van der Waals surface area contributed by atoms with E-state index in [1.165, 1.54) is 14.1 Å². The fourth-order valence-corrected chi connectivity index (χ4v) is 5.15. The van der Waals surface area contributed by atoms with E-state index in [2.05, 4.69) is 18.8 Å². The second-order valence-corrected chi connectivity index (χ2v) is 12.0. The summed E-state index contributed by atoms with van der Waals surface area (Å²) in [5, 5.41) is 0. The zero-order valence-electron chi connectivity index (χ0n) is 17.7. The summed E-state index contributed by atoms with van der Waals surface area (Å²) >= 11 is 0. The van der Waals surface area contributed by atoms with Gasteiger partial charge in [-0.1, -0.05) is 0 Å². The lowest BCUT2D eigenvalue weighted by molar-refractivity contribution is -0.890. The molecule has 0 atom stereocenters. The minimum atomic E-state index is -3.37. The summed E-state index contributed by atoms with van der Waals surface area (Å²) in [6.45, 7) is 9.43. The molecule has 8 nitrogen and oxygen atoms in total. The van der Waals surface area contributed by atoms with Crippen molar-refractivity contribution >= 4 is 17.8 Å². The van der Waals surface area contributed by atoms with Crippen LogP contribution in [-0.2, 0) is 23.8 Å². The Bertz CT molecular complexity index is 536. The van der Waals surface area contributed by atoms with Crippen molar-refractivity contribution in [2.45, 2.75) is 52.7 Å². The monoisotopic (exact) mass is 416 g/mol. The first-order valence-corrected chi connectivity index (χ1v) is 12.3. The maximum atomic E-state index is 12.8. The molecular formula is C16H39N3O5PS+. The van der Waals surface area contributed by atoms with Gasteiger partial charge in [-0.3, -0.25) is 4.57 Å². The van der Waals surface area contributed by atoms with Gasteiger partial charge in [0.2, 0.25) is 0 Å². The summed E-state index contributed by atoms with van der Waals surface area (Å²) < 4.78 is 51.7. The van der Waals surface area contributed by atoms with Crippen molar-refractivity contribution in [1.82, 2.24) is 9.03 Å². The van der Waals surface area contributed by atoms with Gasteiger partial charge in [0.1, 0.15) is 0 Å². The fourth-order valence-electron chi connectivity index (χ4n) is 2.41. The molecule has 0 fully saturated rings. The normalized spacial score (nSPS) is 14.0. The van der Waals surface area contributed by atoms with Crippen LogP contribution in [0.15, 0.2) is 0 Å². The molecule has 1 N–H and O–H groups in total. The van der Waals surface area contributed by atoms with Crippen LogP contribution >= 0.6 is 7.60 Å². The first-order chi connectivity index (χ1) is 11.7. The van der Waals surface area contributed by atoms with Gasteiger partial charge in [-0.05, 0) is 27.7 Å². The smallest absolute Gasteiger partial charge is 0.328 e.